The molecule has 204 valence electrons. The molecule has 1 unspecified atom stereocenters. The zero-order valence-electron chi connectivity index (χ0n) is 22.3. The van der Waals surface area contributed by atoms with Gasteiger partial charge in [-0.1, -0.05) is 48.5 Å². The molecule has 3 fully saturated rings. The van der Waals surface area contributed by atoms with E-state index in [1.54, 1.807) is 6.07 Å². The molecule has 7 rings (SSSR count). The molecule has 6 nitrogen and oxygen atoms in total. The summed E-state index contributed by atoms with van der Waals surface area (Å²) in [5.41, 5.74) is 4.08. The van der Waals surface area contributed by atoms with Crippen molar-refractivity contribution in [2.24, 2.45) is 0 Å². The number of piperidine rings is 1. The average Bonchev–Trinajstić information content (AvgIpc) is 3.51. The number of pyridine rings is 1. The largest absolute Gasteiger partial charge is 0.381 e. The van der Waals surface area contributed by atoms with Crippen LogP contribution in [0.4, 0.5) is 11.4 Å². The van der Waals surface area contributed by atoms with E-state index in [-0.39, 0.29) is 5.56 Å². The van der Waals surface area contributed by atoms with Crippen LogP contribution in [0.2, 0.25) is 0 Å². The minimum Gasteiger partial charge on any atom is -0.381 e. The van der Waals surface area contributed by atoms with Gasteiger partial charge in [-0.05, 0) is 62.6 Å². The lowest BCUT2D eigenvalue weighted by Crippen LogP contribution is -2.46. The number of morpholine rings is 1. The van der Waals surface area contributed by atoms with Crippen molar-refractivity contribution in [3.63, 3.8) is 0 Å². The molecule has 3 aliphatic heterocycles. The van der Waals surface area contributed by atoms with Crippen LogP contribution in [-0.4, -0.2) is 61.4 Å². The molecule has 0 amide bonds. The number of hydrogen-bond donors (Lipinski definition) is 2. The van der Waals surface area contributed by atoms with Gasteiger partial charge in [0.2, 0.25) is 5.56 Å². The summed E-state index contributed by atoms with van der Waals surface area (Å²) in [6, 6.07) is 18.4. The van der Waals surface area contributed by atoms with E-state index in [1.807, 2.05) is 23.5 Å². The van der Waals surface area contributed by atoms with Crippen LogP contribution in [0.1, 0.15) is 38.5 Å². The van der Waals surface area contributed by atoms with Crippen molar-refractivity contribution in [3.05, 3.63) is 58.9 Å². The molecule has 1 atom stereocenters. The highest BCUT2D eigenvalue weighted by Crippen LogP contribution is 2.52. The topological polar surface area (TPSA) is 60.6 Å². The van der Waals surface area contributed by atoms with Gasteiger partial charge in [0.1, 0.15) is 0 Å². The Labute approximate surface area is 238 Å². The van der Waals surface area contributed by atoms with Gasteiger partial charge in [-0.2, -0.15) is 0 Å². The summed E-state index contributed by atoms with van der Waals surface area (Å²) in [6.07, 6.45) is 8.10. The number of fused-ring (bicyclic) bond motifs is 2. The van der Waals surface area contributed by atoms with Gasteiger partial charge in [0.05, 0.1) is 18.9 Å². The predicted octanol–water partition coefficient (Wildman–Crippen LogP) is 6.31. The molecule has 4 heterocycles. The maximum atomic E-state index is 12.7. The van der Waals surface area contributed by atoms with Crippen LogP contribution in [0.25, 0.3) is 11.3 Å². The summed E-state index contributed by atoms with van der Waals surface area (Å²) in [6.45, 7) is 5.44. The van der Waals surface area contributed by atoms with Gasteiger partial charge < -0.3 is 19.9 Å². The molecule has 4 aliphatic rings. The fourth-order valence-electron chi connectivity index (χ4n) is 6.54. The highest BCUT2D eigenvalue weighted by atomic mass is 32.2. The fourth-order valence-corrected chi connectivity index (χ4v) is 8.96. The SMILES string of the molecule is O=c1cc(N2CCOCC2)cc(-c2cccc3c2Sc2ccc(NC4CCCN(C5CCCC5)C4)cc2S3)[nH]1. The number of likely N-dealkylation sites (tertiary alicyclic amines) is 1. The third-order valence-electron chi connectivity index (χ3n) is 8.51. The Morgan fingerprint density at radius 2 is 1.74 bits per heavy atom. The third kappa shape index (κ3) is 5.49. The normalized spacial score (nSPS) is 21.9. The zero-order valence-corrected chi connectivity index (χ0v) is 23.9. The van der Waals surface area contributed by atoms with Gasteiger partial charge in [-0.3, -0.25) is 9.69 Å². The van der Waals surface area contributed by atoms with Crippen molar-refractivity contribution in [2.75, 3.05) is 49.6 Å². The summed E-state index contributed by atoms with van der Waals surface area (Å²) in [5.74, 6) is 0. The monoisotopic (exact) mass is 560 g/mol. The van der Waals surface area contributed by atoms with Crippen molar-refractivity contribution in [2.45, 2.75) is 70.2 Å². The smallest absolute Gasteiger partial charge is 0.250 e. The Bertz CT molecular complexity index is 1400. The Hall–Kier alpha value is -2.39. The number of benzene rings is 2. The van der Waals surface area contributed by atoms with E-state index < -0.39 is 0 Å². The number of hydrogen-bond acceptors (Lipinski definition) is 7. The summed E-state index contributed by atoms with van der Waals surface area (Å²) in [7, 11) is 0. The van der Waals surface area contributed by atoms with Gasteiger partial charge in [0.25, 0.3) is 0 Å². The maximum Gasteiger partial charge on any atom is 0.250 e. The van der Waals surface area contributed by atoms with E-state index in [0.29, 0.717) is 19.3 Å². The quantitative estimate of drug-likeness (QED) is 0.297. The van der Waals surface area contributed by atoms with Crippen LogP contribution in [0.5, 0.6) is 0 Å². The molecule has 1 saturated carbocycles. The maximum absolute atomic E-state index is 12.7. The first-order valence-corrected chi connectivity index (χ1v) is 16.0. The minimum atomic E-state index is -0.0645. The summed E-state index contributed by atoms with van der Waals surface area (Å²) in [5, 5.41) is 3.87. The molecular weight excluding hydrogens is 525 g/mol. The van der Waals surface area contributed by atoms with Crippen molar-refractivity contribution in [1.29, 1.82) is 0 Å². The third-order valence-corrected chi connectivity index (χ3v) is 11.1. The second kappa shape index (κ2) is 11.2. The van der Waals surface area contributed by atoms with Gasteiger partial charge in [-0.25, -0.2) is 0 Å². The number of aromatic nitrogens is 1. The Morgan fingerprint density at radius 1 is 0.872 bits per heavy atom. The highest BCUT2D eigenvalue weighted by molar-refractivity contribution is 8.05. The molecule has 8 heteroatoms. The van der Waals surface area contributed by atoms with Crippen molar-refractivity contribution in [1.82, 2.24) is 9.88 Å². The van der Waals surface area contributed by atoms with Crippen molar-refractivity contribution >= 4 is 34.9 Å². The molecule has 1 aromatic heterocycles. The minimum absolute atomic E-state index is 0.0645. The first-order chi connectivity index (χ1) is 19.2. The zero-order chi connectivity index (χ0) is 26.2. The Kier molecular flexibility index (Phi) is 7.37. The van der Waals surface area contributed by atoms with E-state index in [9.17, 15) is 4.79 Å². The second-order valence-electron chi connectivity index (χ2n) is 11.1. The number of rotatable bonds is 5. The van der Waals surface area contributed by atoms with Gasteiger partial charge in [0.15, 0.2) is 0 Å². The molecule has 0 bridgehead atoms. The molecule has 3 aromatic rings. The average molecular weight is 561 g/mol. The lowest BCUT2D eigenvalue weighted by Gasteiger charge is -2.37. The van der Waals surface area contributed by atoms with E-state index in [0.717, 1.165) is 42.6 Å². The predicted molar refractivity (Wildman–Crippen MR) is 161 cm³/mol. The highest BCUT2D eigenvalue weighted by Gasteiger charge is 2.28. The molecule has 0 spiro atoms. The summed E-state index contributed by atoms with van der Waals surface area (Å²) in [4.78, 5) is 25.8. The van der Waals surface area contributed by atoms with E-state index in [1.165, 1.54) is 70.3 Å². The van der Waals surface area contributed by atoms with Crippen LogP contribution in [-0.2, 0) is 4.74 Å². The number of nitrogens with zero attached hydrogens (tertiary/aromatic N) is 2. The van der Waals surface area contributed by atoms with Crippen LogP contribution < -0.4 is 15.8 Å². The fraction of sp³-hybridized carbons (Fsp3) is 0.452. The van der Waals surface area contributed by atoms with Crippen molar-refractivity contribution in [3.8, 4) is 11.3 Å². The molecule has 1 aliphatic carbocycles. The van der Waals surface area contributed by atoms with Gasteiger partial charge in [-0.15, -0.1) is 0 Å². The van der Waals surface area contributed by atoms with Crippen LogP contribution in [0.3, 0.4) is 0 Å². The standard InChI is InChI=1S/C31H36N4O2S2/c36-30-19-24(34-13-15-37-16-14-34)18-26(33-30)25-8-3-9-28-31(25)39-27-11-10-21(17-29(27)38-28)32-22-5-4-12-35(20-22)23-6-1-2-7-23/h3,8-11,17-19,22-23,32H,1-2,4-7,12-16,20H2,(H,33,36). The number of nitrogens with one attached hydrogen (secondary N) is 2. The van der Waals surface area contributed by atoms with Crippen LogP contribution >= 0.6 is 23.5 Å². The number of aromatic amines is 1. The molecule has 2 saturated heterocycles. The number of anilines is 2. The van der Waals surface area contributed by atoms with Gasteiger partial charge in [0, 0.05) is 74.3 Å². The van der Waals surface area contributed by atoms with E-state index in [2.05, 4.69) is 62.6 Å². The molecule has 0 radical (unpaired) electrons. The van der Waals surface area contributed by atoms with Crippen LogP contribution in [0.15, 0.2) is 72.9 Å². The molecular formula is C31H36N4O2S2. The molecule has 39 heavy (non-hydrogen) atoms. The summed E-state index contributed by atoms with van der Waals surface area (Å²) < 4.78 is 5.51. The number of ether oxygens (including phenoxy) is 1. The lowest BCUT2D eigenvalue weighted by atomic mass is 10.0. The molecule has 2 N–H and O–H groups in total. The van der Waals surface area contributed by atoms with Gasteiger partial charge >= 0.3 is 0 Å². The number of H-pyrrole nitrogens is 1. The van der Waals surface area contributed by atoms with Crippen molar-refractivity contribution < 1.29 is 4.74 Å². The van der Waals surface area contributed by atoms with E-state index >= 15 is 0 Å². The Balaban J connectivity index is 1.10. The summed E-state index contributed by atoms with van der Waals surface area (Å²) >= 11 is 3.65. The first-order valence-electron chi connectivity index (χ1n) is 14.4. The lowest BCUT2D eigenvalue weighted by molar-refractivity contribution is 0.122. The Morgan fingerprint density at radius 3 is 2.62 bits per heavy atom. The second-order valence-corrected chi connectivity index (χ2v) is 13.3. The van der Waals surface area contributed by atoms with E-state index in [4.69, 9.17) is 4.74 Å². The molecule has 2 aromatic carbocycles. The first kappa shape index (κ1) is 25.6. The van der Waals surface area contributed by atoms with Crippen LogP contribution in [0, 0.1) is 0 Å².